The maximum absolute atomic E-state index is 13.8. The van der Waals surface area contributed by atoms with Crippen LogP contribution in [-0.2, 0) is 4.79 Å². The fourth-order valence-corrected chi connectivity index (χ4v) is 4.25. The summed E-state index contributed by atoms with van der Waals surface area (Å²) in [6.45, 7) is -4.93. The molecule has 2 aromatic carbocycles. The van der Waals surface area contributed by atoms with E-state index in [9.17, 15) is 35.9 Å². The number of alkyl halides is 5. The summed E-state index contributed by atoms with van der Waals surface area (Å²) in [5, 5.41) is 11.5. The van der Waals surface area contributed by atoms with Crippen LogP contribution in [0.1, 0.15) is 39.0 Å². The summed E-state index contributed by atoms with van der Waals surface area (Å²) in [6.07, 6.45) is -3.91. The number of nitrogens with one attached hydrogen (secondary N) is 1. The molecular weight excluding hydrogens is 518 g/mol. The third kappa shape index (κ3) is 5.54. The number of pyridine rings is 1. The van der Waals surface area contributed by atoms with Crippen molar-refractivity contribution in [3.05, 3.63) is 88.9 Å². The van der Waals surface area contributed by atoms with Gasteiger partial charge < -0.3 is 15.0 Å². The zero-order valence-electron chi connectivity index (χ0n) is 19.0. The third-order valence-electron chi connectivity index (χ3n) is 5.74. The van der Waals surface area contributed by atoms with Gasteiger partial charge in [0.1, 0.15) is 18.4 Å². The first kappa shape index (κ1) is 26.5. The molecule has 4 rings (SSSR count). The second kappa shape index (κ2) is 10.4. The molecule has 0 spiro atoms. The Morgan fingerprint density at radius 3 is 2.53 bits per heavy atom. The van der Waals surface area contributed by atoms with Crippen LogP contribution in [0.25, 0.3) is 0 Å². The molecule has 0 saturated heterocycles. The average molecular weight is 534 g/mol. The topological polar surface area (TPSA) is 95.3 Å². The number of nitrogens with zero attached hydrogens (tertiary/aromatic N) is 3. The van der Waals surface area contributed by atoms with Crippen LogP contribution in [0.2, 0.25) is 0 Å². The van der Waals surface area contributed by atoms with Gasteiger partial charge in [0.2, 0.25) is 11.8 Å². The van der Waals surface area contributed by atoms with Crippen LogP contribution < -0.4 is 10.1 Å². The maximum atomic E-state index is 13.8. The molecule has 0 saturated carbocycles. The van der Waals surface area contributed by atoms with Gasteiger partial charge in [0.15, 0.2) is 0 Å². The zero-order chi connectivity index (χ0) is 27.6. The Kier molecular flexibility index (Phi) is 7.25. The Bertz CT molecular complexity index is 1410. The summed E-state index contributed by atoms with van der Waals surface area (Å²) >= 11 is 0. The first-order chi connectivity index (χ1) is 18.0. The fraction of sp³-hybridized carbons (Fsp3) is 0.200. The van der Waals surface area contributed by atoms with Crippen molar-refractivity contribution in [1.29, 1.82) is 5.26 Å². The van der Waals surface area contributed by atoms with Crippen molar-refractivity contribution in [1.82, 2.24) is 9.88 Å². The number of carbonyl (C=O) groups is 2. The number of carbonyl (C=O) groups excluding carboxylic acids is 2. The van der Waals surface area contributed by atoms with Gasteiger partial charge in [-0.1, -0.05) is 24.3 Å². The van der Waals surface area contributed by atoms with Crippen molar-refractivity contribution in [3.63, 3.8) is 0 Å². The van der Waals surface area contributed by atoms with Crippen molar-refractivity contribution in [3.8, 4) is 11.9 Å². The van der Waals surface area contributed by atoms with Crippen molar-refractivity contribution >= 4 is 17.5 Å². The van der Waals surface area contributed by atoms with Gasteiger partial charge >= 0.3 is 12.8 Å². The lowest BCUT2D eigenvalue weighted by Crippen LogP contribution is -2.49. The summed E-state index contributed by atoms with van der Waals surface area (Å²) < 4.78 is 83.9. The van der Waals surface area contributed by atoms with Crippen LogP contribution in [0.15, 0.2) is 60.8 Å². The zero-order valence-corrected chi connectivity index (χ0v) is 19.0. The van der Waals surface area contributed by atoms with Crippen molar-refractivity contribution < 1.29 is 40.7 Å². The van der Waals surface area contributed by atoms with Gasteiger partial charge in [0.25, 0.3) is 5.91 Å². The number of hydrogen-bond donors (Lipinski definition) is 1. The van der Waals surface area contributed by atoms with Crippen molar-refractivity contribution in [2.45, 2.75) is 24.7 Å². The van der Waals surface area contributed by atoms with E-state index in [-0.39, 0.29) is 27.9 Å². The summed E-state index contributed by atoms with van der Waals surface area (Å²) in [5.41, 5.74) is -0.487. The first-order valence-corrected chi connectivity index (χ1v) is 10.9. The molecule has 2 heterocycles. The number of fused-ring (bicyclic) bond motifs is 1. The number of ether oxygens (including phenoxy) is 1. The van der Waals surface area contributed by atoms with E-state index < -0.39 is 54.8 Å². The van der Waals surface area contributed by atoms with Crippen molar-refractivity contribution in [2.24, 2.45) is 0 Å². The Morgan fingerprint density at radius 1 is 1.16 bits per heavy atom. The molecule has 196 valence electrons. The van der Waals surface area contributed by atoms with E-state index in [1.165, 1.54) is 24.3 Å². The molecular formula is C25H16F6N4O3. The molecule has 0 unspecified atom stereocenters. The second-order valence-corrected chi connectivity index (χ2v) is 8.16. The van der Waals surface area contributed by atoms with Crippen LogP contribution in [0.3, 0.4) is 0 Å². The number of halogens is 6. The van der Waals surface area contributed by atoms with E-state index in [0.29, 0.717) is 4.90 Å². The largest absolute Gasteiger partial charge is 0.417 e. The second-order valence-electron chi connectivity index (χ2n) is 8.16. The molecule has 13 heteroatoms. The quantitative estimate of drug-likeness (QED) is 0.440. The van der Waals surface area contributed by atoms with E-state index in [2.05, 4.69) is 15.0 Å². The molecule has 2 atom stereocenters. The Morgan fingerprint density at radius 2 is 1.89 bits per heavy atom. The normalized spacial score (nSPS) is 17.1. The SMILES string of the molecule is N#Cc1cc(NC(=O)[C@H]2c3ccccc3C(=O)N(CC(F)(F)F)[C@@H]2c2ccc(OC(F)F)nc2)ccc1F. The van der Waals surface area contributed by atoms with Gasteiger partial charge in [0.05, 0.1) is 17.5 Å². The molecule has 0 radical (unpaired) electrons. The van der Waals surface area contributed by atoms with Crippen LogP contribution in [0.4, 0.5) is 32.0 Å². The number of rotatable bonds is 6. The van der Waals surface area contributed by atoms with E-state index in [1.807, 2.05) is 0 Å². The minimum absolute atomic E-state index is 0.0118. The third-order valence-corrected chi connectivity index (χ3v) is 5.74. The molecule has 1 N–H and O–H groups in total. The minimum atomic E-state index is -4.86. The highest BCUT2D eigenvalue weighted by molar-refractivity contribution is 6.04. The lowest BCUT2D eigenvalue weighted by Gasteiger charge is -2.41. The molecule has 1 aromatic heterocycles. The fourth-order valence-electron chi connectivity index (χ4n) is 4.25. The lowest BCUT2D eigenvalue weighted by molar-refractivity contribution is -0.148. The van der Waals surface area contributed by atoms with Gasteiger partial charge in [-0.25, -0.2) is 9.37 Å². The van der Waals surface area contributed by atoms with Crippen molar-refractivity contribution in [2.75, 3.05) is 11.9 Å². The number of amides is 2. The van der Waals surface area contributed by atoms with Gasteiger partial charge in [-0.15, -0.1) is 0 Å². The average Bonchev–Trinajstić information content (AvgIpc) is 2.86. The summed E-state index contributed by atoms with van der Waals surface area (Å²) in [4.78, 5) is 30.9. The highest BCUT2D eigenvalue weighted by Gasteiger charge is 2.48. The van der Waals surface area contributed by atoms with Crippen LogP contribution in [0.5, 0.6) is 5.88 Å². The predicted molar refractivity (Wildman–Crippen MR) is 120 cm³/mol. The van der Waals surface area contributed by atoms with E-state index in [4.69, 9.17) is 5.26 Å². The Balaban J connectivity index is 1.83. The number of hydrogen-bond acceptors (Lipinski definition) is 5. The molecule has 0 aliphatic carbocycles. The molecule has 7 nitrogen and oxygen atoms in total. The molecule has 0 fully saturated rings. The molecule has 1 aliphatic heterocycles. The lowest BCUT2D eigenvalue weighted by atomic mass is 9.79. The monoisotopic (exact) mass is 534 g/mol. The Labute approximate surface area is 211 Å². The van der Waals surface area contributed by atoms with Crippen LogP contribution in [0, 0.1) is 17.1 Å². The standard InChI is InChI=1S/C25H16F6N4O3/c26-18-7-6-15(9-14(18)10-32)34-22(36)20-16-3-1-2-4-17(16)23(37)35(12-25(29,30)31)21(20)13-5-8-19(33-11-13)38-24(27)28/h1-9,11,20-21,24H,12H2,(H,34,36)/t20-,21+/m0/s1. The minimum Gasteiger partial charge on any atom is -0.417 e. The number of nitriles is 1. The Hall–Kier alpha value is -4.60. The summed E-state index contributed by atoms with van der Waals surface area (Å²) in [7, 11) is 0. The van der Waals surface area contributed by atoms with Gasteiger partial charge in [-0.2, -0.15) is 27.2 Å². The summed E-state index contributed by atoms with van der Waals surface area (Å²) in [6, 6.07) is 10.9. The highest BCUT2D eigenvalue weighted by atomic mass is 19.4. The van der Waals surface area contributed by atoms with Gasteiger partial charge in [-0.3, -0.25) is 9.59 Å². The number of anilines is 1. The molecule has 0 bridgehead atoms. The number of aromatic nitrogens is 1. The van der Waals surface area contributed by atoms with Crippen LogP contribution >= 0.6 is 0 Å². The van der Waals surface area contributed by atoms with Gasteiger partial charge in [0, 0.05) is 23.5 Å². The van der Waals surface area contributed by atoms with E-state index in [1.54, 1.807) is 6.07 Å². The molecule has 3 aromatic rings. The van der Waals surface area contributed by atoms with Crippen LogP contribution in [-0.4, -0.2) is 41.0 Å². The van der Waals surface area contributed by atoms with E-state index in [0.717, 1.165) is 36.5 Å². The van der Waals surface area contributed by atoms with Gasteiger partial charge in [-0.05, 0) is 35.4 Å². The molecule has 2 amide bonds. The van der Waals surface area contributed by atoms with E-state index >= 15 is 0 Å². The molecule has 1 aliphatic rings. The number of benzene rings is 2. The summed E-state index contributed by atoms with van der Waals surface area (Å²) in [5.74, 6) is -4.68. The predicted octanol–water partition coefficient (Wildman–Crippen LogP) is 5.18. The first-order valence-electron chi connectivity index (χ1n) is 10.9. The highest BCUT2D eigenvalue weighted by Crippen LogP contribution is 2.44. The maximum Gasteiger partial charge on any atom is 0.406 e. The smallest absolute Gasteiger partial charge is 0.406 e. The molecule has 38 heavy (non-hydrogen) atoms.